The van der Waals surface area contributed by atoms with Crippen molar-refractivity contribution in [3.8, 4) is 11.5 Å². The fourth-order valence-electron chi connectivity index (χ4n) is 1.69. The number of hydrogen-bond acceptors (Lipinski definition) is 4. The summed E-state index contributed by atoms with van der Waals surface area (Å²) < 4.78 is 10.3. The number of Topliss-reactive ketones (excluding diaryl/α,β-unsaturated/α-hetero) is 2. The Kier molecular flexibility index (Phi) is 5.36. The molecule has 1 aromatic rings. The molecule has 0 radical (unpaired) electrons. The van der Waals surface area contributed by atoms with E-state index in [0.29, 0.717) is 24.3 Å². The van der Waals surface area contributed by atoms with E-state index in [1.807, 2.05) is 18.2 Å². The topological polar surface area (TPSA) is 52.6 Å². The molecule has 0 saturated heterocycles. The molecule has 18 heavy (non-hydrogen) atoms. The van der Waals surface area contributed by atoms with Crippen LogP contribution in [0.3, 0.4) is 0 Å². The molecule has 1 rings (SSSR count). The molecule has 0 fully saturated rings. The van der Waals surface area contributed by atoms with Crippen LogP contribution in [0.4, 0.5) is 0 Å². The lowest BCUT2D eigenvalue weighted by Crippen LogP contribution is -2.05. The molecule has 0 heterocycles. The Morgan fingerprint density at radius 1 is 1.11 bits per heavy atom. The molecule has 0 aliphatic rings. The number of aryl methyl sites for hydroxylation is 1. The molecule has 0 amide bonds. The van der Waals surface area contributed by atoms with Gasteiger partial charge in [0.1, 0.15) is 11.6 Å². The molecule has 1 aromatic carbocycles. The molecule has 0 aliphatic heterocycles. The third-order valence-electron chi connectivity index (χ3n) is 2.59. The van der Waals surface area contributed by atoms with Crippen molar-refractivity contribution < 1.29 is 19.1 Å². The summed E-state index contributed by atoms with van der Waals surface area (Å²) in [5, 5.41) is 0. The number of ether oxygens (including phenoxy) is 2. The largest absolute Gasteiger partial charge is 0.493 e. The predicted octanol–water partition coefficient (Wildman–Crippen LogP) is 2.18. The molecule has 0 spiro atoms. The summed E-state index contributed by atoms with van der Waals surface area (Å²) >= 11 is 0. The Bertz CT molecular complexity index is 437. The molecular formula is C14H18O4. The number of ketones is 2. The number of methoxy groups -OCH3 is 2. The lowest BCUT2D eigenvalue weighted by Gasteiger charge is -2.09. The third-order valence-corrected chi connectivity index (χ3v) is 2.59. The fraction of sp³-hybridized carbons (Fsp3) is 0.429. The van der Waals surface area contributed by atoms with Gasteiger partial charge in [0.05, 0.1) is 20.6 Å². The second kappa shape index (κ2) is 6.79. The van der Waals surface area contributed by atoms with Crippen molar-refractivity contribution in [1.29, 1.82) is 0 Å². The average molecular weight is 250 g/mol. The van der Waals surface area contributed by atoms with E-state index in [2.05, 4.69) is 0 Å². The Hall–Kier alpha value is -1.84. The van der Waals surface area contributed by atoms with Gasteiger partial charge >= 0.3 is 0 Å². The third kappa shape index (κ3) is 4.20. The van der Waals surface area contributed by atoms with Gasteiger partial charge in [-0.05, 0) is 31.0 Å². The van der Waals surface area contributed by atoms with E-state index in [9.17, 15) is 9.59 Å². The van der Waals surface area contributed by atoms with Crippen molar-refractivity contribution in [2.45, 2.75) is 26.2 Å². The van der Waals surface area contributed by atoms with Gasteiger partial charge in [0.25, 0.3) is 0 Å². The van der Waals surface area contributed by atoms with E-state index in [1.54, 1.807) is 14.2 Å². The van der Waals surface area contributed by atoms with Crippen molar-refractivity contribution in [3.05, 3.63) is 23.8 Å². The Labute approximate surface area is 107 Å². The lowest BCUT2D eigenvalue weighted by molar-refractivity contribution is -0.125. The zero-order valence-electron chi connectivity index (χ0n) is 11.0. The van der Waals surface area contributed by atoms with Crippen LogP contribution in [0.15, 0.2) is 18.2 Å². The minimum absolute atomic E-state index is 0.0211. The molecule has 0 N–H and O–H groups in total. The SMILES string of the molecule is COc1ccc(CCC(=O)CC(C)=O)cc1OC. The number of carbonyl (C=O) groups is 2. The second-order valence-corrected chi connectivity index (χ2v) is 4.11. The first-order valence-electron chi connectivity index (χ1n) is 5.79. The summed E-state index contributed by atoms with van der Waals surface area (Å²) in [5.74, 6) is 1.19. The molecule has 0 unspecified atom stereocenters. The van der Waals surface area contributed by atoms with Gasteiger partial charge in [-0.15, -0.1) is 0 Å². The van der Waals surface area contributed by atoms with E-state index in [0.717, 1.165) is 5.56 Å². The number of hydrogen-bond donors (Lipinski definition) is 0. The van der Waals surface area contributed by atoms with E-state index < -0.39 is 0 Å². The van der Waals surface area contributed by atoms with Gasteiger partial charge in [0, 0.05) is 6.42 Å². The summed E-state index contributed by atoms with van der Waals surface area (Å²) in [6, 6.07) is 5.55. The maximum Gasteiger partial charge on any atom is 0.160 e. The Morgan fingerprint density at radius 3 is 2.33 bits per heavy atom. The summed E-state index contributed by atoms with van der Waals surface area (Å²) in [4.78, 5) is 22.2. The van der Waals surface area contributed by atoms with Gasteiger partial charge in [-0.1, -0.05) is 6.07 Å². The standard InChI is InChI=1S/C14H18O4/c1-10(15)8-12(16)6-4-11-5-7-13(17-2)14(9-11)18-3/h5,7,9H,4,6,8H2,1-3H3. The van der Waals surface area contributed by atoms with E-state index >= 15 is 0 Å². The van der Waals surface area contributed by atoms with Gasteiger partial charge in [0.15, 0.2) is 11.5 Å². The predicted molar refractivity (Wildman–Crippen MR) is 68.2 cm³/mol. The first kappa shape index (κ1) is 14.2. The molecule has 4 heteroatoms. The zero-order chi connectivity index (χ0) is 13.5. The van der Waals surface area contributed by atoms with Crippen LogP contribution in [0.1, 0.15) is 25.3 Å². The van der Waals surface area contributed by atoms with Crippen LogP contribution >= 0.6 is 0 Å². The molecule has 0 bridgehead atoms. The molecule has 0 atom stereocenters. The summed E-state index contributed by atoms with van der Waals surface area (Å²) in [6.07, 6.45) is 0.995. The molecule has 4 nitrogen and oxygen atoms in total. The van der Waals surface area contributed by atoms with Crippen molar-refractivity contribution in [3.63, 3.8) is 0 Å². The molecule has 0 aromatic heterocycles. The maximum atomic E-state index is 11.4. The molecule has 98 valence electrons. The van der Waals surface area contributed by atoms with Crippen LogP contribution < -0.4 is 9.47 Å². The van der Waals surface area contributed by atoms with Crippen molar-refractivity contribution in [2.24, 2.45) is 0 Å². The van der Waals surface area contributed by atoms with Gasteiger partial charge in [-0.3, -0.25) is 9.59 Å². The van der Waals surface area contributed by atoms with Crippen LogP contribution in [-0.2, 0) is 16.0 Å². The normalized spacial score (nSPS) is 9.94. The highest BCUT2D eigenvalue weighted by molar-refractivity contribution is 5.97. The second-order valence-electron chi connectivity index (χ2n) is 4.11. The number of benzene rings is 1. The Balaban J connectivity index is 2.63. The van der Waals surface area contributed by atoms with E-state index in [4.69, 9.17) is 9.47 Å². The number of carbonyl (C=O) groups excluding carboxylic acids is 2. The minimum Gasteiger partial charge on any atom is -0.493 e. The number of rotatable bonds is 7. The first-order chi connectivity index (χ1) is 8.56. The van der Waals surface area contributed by atoms with Gasteiger partial charge < -0.3 is 9.47 Å². The highest BCUT2D eigenvalue weighted by Gasteiger charge is 2.08. The summed E-state index contributed by atoms with van der Waals surface area (Å²) in [7, 11) is 3.15. The molecule has 0 saturated carbocycles. The van der Waals surface area contributed by atoms with Crippen molar-refractivity contribution in [2.75, 3.05) is 14.2 Å². The van der Waals surface area contributed by atoms with Crippen molar-refractivity contribution in [1.82, 2.24) is 0 Å². The van der Waals surface area contributed by atoms with E-state index in [-0.39, 0.29) is 18.0 Å². The van der Waals surface area contributed by atoms with Crippen LogP contribution in [0.5, 0.6) is 11.5 Å². The fourth-order valence-corrected chi connectivity index (χ4v) is 1.69. The maximum absolute atomic E-state index is 11.4. The van der Waals surface area contributed by atoms with Crippen LogP contribution in [0.25, 0.3) is 0 Å². The molecule has 0 aliphatic carbocycles. The minimum atomic E-state index is -0.0905. The van der Waals surface area contributed by atoms with E-state index in [1.165, 1.54) is 6.92 Å². The lowest BCUT2D eigenvalue weighted by atomic mass is 10.0. The monoisotopic (exact) mass is 250 g/mol. The Morgan fingerprint density at radius 2 is 1.78 bits per heavy atom. The quantitative estimate of drug-likeness (QED) is 0.696. The van der Waals surface area contributed by atoms with Crippen LogP contribution in [0, 0.1) is 0 Å². The average Bonchev–Trinajstić information content (AvgIpc) is 2.35. The van der Waals surface area contributed by atoms with Gasteiger partial charge in [-0.25, -0.2) is 0 Å². The van der Waals surface area contributed by atoms with Crippen LogP contribution in [-0.4, -0.2) is 25.8 Å². The van der Waals surface area contributed by atoms with Gasteiger partial charge in [0.2, 0.25) is 0 Å². The first-order valence-corrected chi connectivity index (χ1v) is 5.79. The van der Waals surface area contributed by atoms with Crippen molar-refractivity contribution >= 4 is 11.6 Å². The highest BCUT2D eigenvalue weighted by atomic mass is 16.5. The zero-order valence-corrected chi connectivity index (χ0v) is 11.0. The molecular weight excluding hydrogens is 232 g/mol. The smallest absolute Gasteiger partial charge is 0.160 e. The highest BCUT2D eigenvalue weighted by Crippen LogP contribution is 2.27. The van der Waals surface area contributed by atoms with Crippen LogP contribution in [0.2, 0.25) is 0 Å². The summed E-state index contributed by atoms with van der Waals surface area (Å²) in [5.41, 5.74) is 0.990. The van der Waals surface area contributed by atoms with Gasteiger partial charge in [-0.2, -0.15) is 0 Å². The summed E-state index contributed by atoms with van der Waals surface area (Å²) in [6.45, 7) is 1.42.